The predicted molar refractivity (Wildman–Crippen MR) is 63.5 cm³/mol. The van der Waals surface area contributed by atoms with Crippen LogP contribution < -0.4 is 5.32 Å². The summed E-state index contributed by atoms with van der Waals surface area (Å²) in [6.45, 7) is -0.162. The zero-order valence-electron chi connectivity index (χ0n) is 10.5. The van der Waals surface area contributed by atoms with Crippen LogP contribution in [0.15, 0.2) is 12.2 Å². The molecule has 0 spiro atoms. The zero-order valence-corrected chi connectivity index (χ0v) is 10.5. The first kappa shape index (κ1) is 15.4. The minimum Gasteiger partial charge on any atom is -0.453 e. The van der Waals surface area contributed by atoms with Gasteiger partial charge in [-0.05, 0) is 18.9 Å². The van der Waals surface area contributed by atoms with Gasteiger partial charge in [-0.15, -0.1) is 0 Å². The van der Waals surface area contributed by atoms with E-state index in [1.807, 2.05) is 0 Å². The normalized spacial score (nSPS) is 12.2. The molecule has 0 aromatic rings. The van der Waals surface area contributed by atoms with Crippen LogP contribution in [-0.4, -0.2) is 55.9 Å². The fraction of sp³-hybridized carbons (Fsp3) is 0.636. The zero-order chi connectivity index (χ0) is 13.3. The fourth-order valence-corrected chi connectivity index (χ4v) is 1.07. The average molecular weight is 244 g/mol. The highest BCUT2D eigenvalue weighted by Gasteiger charge is 2.09. The Morgan fingerprint density at radius 2 is 2.12 bits per heavy atom. The summed E-state index contributed by atoms with van der Waals surface area (Å²) in [6, 6.07) is -0.360. The fourth-order valence-electron chi connectivity index (χ4n) is 1.07. The number of aliphatic hydroxyl groups is 1. The monoisotopic (exact) mass is 244 g/mol. The van der Waals surface area contributed by atoms with Gasteiger partial charge < -0.3 is 20.1 Å². The second-order valence-electron chi connectivity index (χ2n) is 3.73. The second-order valence-corrected chi connectivity index (χ2v) is 3.73. The molecule has 0 aromatic carbocycles. The molecule has 2 amide bonds. The van der Waals surface area contributed by atoms with Gasteiger partial charge in [0.1, 0.15) is 0 Å². The quantitative estimate of drug-likeness (QED) is 0.651. The van der Waals surface area contributed by atoms with Crippen molar-refractivity contribution >= 4 is 12.0 Å². The SMILES string of the molecule is COC(=O)NC(CO)CC/C=C/C(=O)N(C)C. The Morgan fingerprint density at radius 3 is 2.59 bits per heavy atom. The highest BCUT2D eigenvalue weighted by Crippen LogP contribution is 1.99. The number of ether oxygens (including phenoxy) is 1. The topological polar surface area (TPSA) is 78.9 Å². The molecule has 0 radical (unpaired) electrons. The smallest absolute Gasteiger partial charge is 0.407 e. The van der Waals surface area contributed by atoms with Crippen molar-refractivity contribution in [1.29, 1.82) is 0 Å². The molecular formula is C11H20N2O4. The number of carbonyl (C=O) groups excluding carboxylic acids is 2. The van der Waals surface area contributed by atoms with Gasteiger partial charge in [-0.1, -0.05) is 6.08 Å². The van der Waals surface area contributed by atoms with Crippen LogP contribution in [-0.2, 0) is 9.53 Å². The number of methoxy groups -OCH3 is 1. The summed E-state index contributed by atoms with van der Waals surface area (Å²) in [6.07, 6.45) is 3.74. The van der Waals surface area contributed by atoms with Crippen LogP contribution in [0.1, 0.15) is 12.8 Å². The lowest BCUT2D eigenvalue weighted by atomic mass is 10.1. The van der Waals surface area contributed by atoms with Gasteiger partial charge in [-0.3, -0.25) is 4.79 Å². The number of carbonyl (C=O) groups is 2. The van der Waals surface area contributed by atoms with Crippen LogP contribution in [0.2, 0.25) is 0 Å². The lowest BCUT2D eigenvalue weighted by Gasteiger charge is -2.13. The molecule has 17 heavy (non-hydrogen) atoms. The molecule has 0 aliphatic carbocycles. The van der Waals surface area contributed by atoms with Gasteiger partial charge >= 0.3 is 6.09 Å². The molecule has 0 fully saturated rings. The van der Waals surface area contributed by atoms with Crippen molar-refractivity contribution < 1.29 is 19.4 Å². The lowest BCUT2D eigenvalue weighted by Crippen LogP contribution is -2.37. The first-order valence-electron chi connectivity index (χ1n) is 5.34. The molecule has 0 saturated carbocycles. The molecule has 2 N–H and O–H groups in total. The molecule has 1 atom stereocenters. The van der Waals surface area contributed by atoms with E-state index in [0.29, 0.717) is 12.8 Å². The van der Waals surface area contributed by atoms with E-state index in [1.54, 1.807) is 20.2 Å². The Labute approximate surface area is 101 Å². The maximum atomic E-state index is 11.2. The van der Waals surface area contributed by atoms with Crippen molar-refractivity contribution in [2.75, 3.05) is 27.8 Å². The Morgan fingerprint density at radius 1 is 1.47 bits per heavy atom. The summed E-state index contributed by atoms with van der Waals surface area (Å²) in [5.74, 6) is -0.0912. The highest BCUT2D eigenvalue weighted by atomic mass is 16.5. The number of amides is 2. The average Bonchev–Trinajstić information content (AvgIpc) is 2.31. The van der Waals surface area contributed by atoms with Gasteiger partial charge in [-0.25, -0.2) is 4.79 Å². The molecule has 0 bridgehead atoms. The molecule has 0 aliphatic heterocycles. The van der Waals surface area contributed by atoms with Gasteiger partial charge in [0.2, 0.25) is 5.91 Å². The number of allylic oxidation sites excluding steroid dienone is 1. The summed E-state index contributed by atoms with van der Waals surface area (Å²) in [4.78, 5) is 23.5. The molecule has 0 heterocycles. The number of alkyl carbamates (subject to hydrolysis) is 1. The summed E-state index contributed by atoms with van der Waals surface area (Å²) in [5.41, 5.74) is 0. The van der Waals surface area contributed by atoms with Crippen molar-refractivity contribution in [3.63, 3.8) is 0 Å². The summed E-state index contributed by atoms with van der Waals surface area (Å²) < 4.78 is 4.42. The number of nitrogens with one attached hydrogen (secondary N) is 1. The van der Waals surface area contributed by atoms with Crippen LogP contribution in [0.25, 0.3) is 0 Å². The molecular weight excluding hydrogens is 224 g/mol. The largest absolute Gasteiger partial charge is 0.453 e. The first-order chi connectivity index (χ1) is 8.01. The molecule has 0 saturated heterocycles. The maximum Gasteiger partial charge on any atom is 0.407 e. The van der Waals surface area contributed by atoms with E-state index < -0.39 is 6.09 Å². The Bertz CT molecular complexity index is 277. The summed E-state index contributed by atoms with van der Waals surface area (Å²) >= 11 is 0. The molecule has 0 aliphatic rings. The summed E-state index contributed by atoms with van der Waals surface area (Å²) in [7, 11) is 4.60. The molecule has 0 aromatic heterocycles. The van der Waals surface area contributed by atoms with Crippen molar-refractivity contribution in [2.45, 2.75) is 18.9 Å². The third-order valence-electron chi connectivity index (χ3n) is 2.11. The number of aliphatic hydroxyl groups excluding tert-OH is 1. The number of likely N-dealkylation sites (N-methyl/N-ethyl adjacent to an activating group) is 1. The van der Waals surface area contributed by atoms with Gasteiger partial charge in [0, 0.05) is 14.1 Å². The van der Waals surface area contributed by atoms with Crippen LogP contribution in [0, 0.1) is 0 Å². The molecule has 0 rings (SSSR count). The van der Waals surface area contributed by atoms with Crippen molar-refractivity contribution in [3.05, 3.63) is 12.2 Å². The minimum absolute atomic E-state index is 0.0912. The number of nitrogens with zero attached hydrogens (tertiary/aromatic N) is 1. The van der Waals surface area contributed by atoms with Gasteiger partial charge in [0.05, 0.1) is 19.8 Å². The highest BCUT2D eigenvalue weighted by molar-refractivity contribution is 5.87. The van der Waals surface area contributed by atoms with Gasteiger partial charge in [-0.2, -0.15) is 0 Å². The van der Waals surface area contributed by atoms with Crippen LogP contribution in [0.5, 0.6) is 0 Å². The lowest BCUT2D eigenvalue weighted by molar-refractivity contribution is -0.123. The minimum atomic E-state index is -0.572. The molecule has 98 valence electrons. The standard InChI is InChI=1S/C11H20N2O4/c1-13(2)10(15)7-5-4-6-9(8-14)12-11(16)17-3/h5,7,9,14H,4,6,8H2,1-3H3,(H,12,16)/b7-5+. The van der Waals surface area contributed by atoms with E-state index in [0.717, 1.165) is 0 Å². The van der Waals surface area contributed by atoms with Crippen LogP contribution >= 0.6 is 0 Å². The number of hydrogen-bond acceptors (Lipinski definition) is 4. The number of hydrogen-bond donors (Lipinski definition) is 2. The van der Waals surface area contributed by atoms with Gasteiger partial charge in [0.15, 0.2) is 0 Å². The number of rotatable bonds is 6. The second kappa shape index (κ2) is 8.58. The van der Waals surface area contributed by atoms with E-state index in [4.69, 9.17) is 5.11 Å². The van der Waals surface area contributed by atoms with Crippen molar-refractivity contribution in [1.82, 2.24) is 10.2 Å². The Balaban J connectivity index is 3.92. The molecule has 6 heteroatoms. The Kier molecular flexibility index (Phi) is 7.79. The van der Waals surface area contributed by atoms with Crippen molar-refractivity contribution in [2.24, 2.45) is 0 Å². The first-order valence-corrected chi connectivity index (χ1v) is 5.34. The third kappa shape index (κ3) is 7.35. The maximum absolute atomic E-state index is 11.2. The van der Waals surface area contributed by atoms with E-state index in [9.17, 15) is 9.59 Å². The van der Waals surface area contributed by atoms with E-state index in [-0.39, 0.29) is 18.6 Å². The van der Waals surface area contributed by atoms with E-state index in [1.165, 1.54) is 18.1 Å². The van der Waals surface area contributed by atoms with Crippen LogP contribution in [0.4, 0.5) is 4.79 Å². The van der Waals surface area contributed by atoms with E-state index in [2.05, 4.69) is 10.1 Å². The molecule has 6 nitrogen and oxygen atoms in total. The summed E-state index contributed by atoms with van der Waals surface area (Å²) in [5, 5.41) is 11.5. The van der Waals surface area contributed by atoms with Crippen LogP contribution in [0.3, 0.4) is 0 Å². The van der Waals surface area contributed by atoms with E-state index >= 15 is 0 Å². The van der Waals surface area contributed by atoms with Gasteiger partial charge in [0.25, 0.3) is 0 Å². The Hall–Kier alpha value is -1.56. The third-order valence-corrected chi connectivity index (χ3v) is 2.11. The predicted octanol–water partition coefficient (Wildman–Crippen LogP) is 0.128. The van der Waals surface area contributed by atoms with Crippen molar-refractivity contribution in [3.8, 4) is 0 Å². The molecule has 1 unspecified atom stereocenters.